The molecule has 1 atom stereocenters. The van der Waals surface area contributed by atoms with Gasteiger partial charge in [0, 0.05) is 32.1 Å². The van der Waals surface area contributed by atoms with Crippen molar-refractivity contribution < 1.29 is 14.0 Å². The average molecular weight is 385 g/mol. The predicted octanol–water partition coefficient (Wildman–Crippen LogP) is 2.29. The number of hydrogen-bond donors (Lipinski definition) is 0. The smallest absolute Gasteiger partial charge is 0.290 e. The number of carbonyl (C=O) groups excluding carboxylic acids is 2. The first-order valence-corrected chi connectivity index (χ1v) is 10.2. The van der Waals surface area contributed by atoms with E-state index in [9.17, 15) is 9.59 Å². The van der Waals surface area contributed by atoms with Crippen LogP contribution >= 0.6 is 0 Å². The molecular formula is C20H27N5O3. The molecule has 8 heteroatoms. The number of aromatic nitrogens is 3. The van der Waals surface area contributed by atoms with Crippen molar-refractivity contribution >= 4 is 11.8 Å². The number of likely N-dealkylation sites (tertiary alicyclic amines) is 2. The molecule has 0 saturated carbocycles. The highest BCUT2D eigenvalue weighted by atomic mass is 16.3. The van der Waals surface area contributed by atoms with Crippen LogP contribution in [0.25, 0.3) is 0 Å². The van der Waals surface area contributed by atoms with Gasteiger partial charge in [0.1, 0.15) is 18.2 Å². The van der Waals surface area contributed by atoms with Gasteiger partial charge < -0.3 is 18.8 Å². The molecule has 0 aliphatic carbocycles. The molecule has 2 aliphatic rings. The highest BCUT2D eigenvalue weighted by Crippen LogP contribution is 2.29. The van der Waals surface area contributed by atoms with Crippen LogP contribution in [0.4, 0.5) is 0 Å². The van der Waals surface area contributed by atoms with Crippen LogP contribution < -0.4 is 0 Å². The SMILES string of the molecule is CCn1cnnc1C1CCN(C(=O)C2CCCCN2C(=O)c2ccco2)CC1. The van der Waals surface area contributed by atoms with Crippen molar-refractivity contribution in [2.45, 2.75) is 57.5 Å². The third-order valence-electron chi connectivity index (χ3n) is 5.94. The molecular weight excluding hydrogens is 358 g/mol. The Morgan fingerprint density at radius 1 is 1.18 bits per heavy atom. The summed E-state index contributed by atoms with van der Waals surface area (Å²) in [4.78, 5) is 29.6. The summed E-state index contributed by atoms with van der Waals surface area (Å²) in [5.74, 6) is 1.53. The fraction of sp³-hybridized carbons (Fsp3) is 0.600. The zero-order valence-corrected chi connectivity index (χ0v) is 16.3. The summed E-state index contributed by atoms with van der Waals surface area (Å²) in [6.07, 6.45) is 7.63. The van der Waals surface area contributed by atoms with Crippen molar-refractivity contribution in [2.24, 2.45) is 0 Å². The predicted molar refractivity (Wildman–Crippen MR) is 102 cm³/mol. The molecule has 0 spiro atoms. The van der Waals surface area contributed by atoms with Crippen LogP contribution in [0, 0.1) is 0 Å². The molecule has 2 saturated heterocycles. The molecule has 0 radical (unpaired) electrons. The second-order valence-corrected chi connectivity index (χ2v) is 7.56. The van der Waals surface area contributed by atoms with E-state index >= 15 is 0 Å². The number of nitrogens with zero attached hydrogens (tertiary/aromatic N) is 5. The standard InChI is InChI=1S/C20H27N5O3/c1-2-23-14-21-22-18(23)15-8-11-24(12-9-15)19(26)16-6-3-4-10-25(16)20(27)17-7-5-13-28-17/h5,7,13-16H,2-4,6,8-12H2,1H3. The molecule has 1 unspecified atom stereocenters. The van der Waals surface area contributed by atoms with Crippen LogP contribution in [0.15, 0.2) is 29.1 Å². The van der Waals surface area contributed by atoms with Gasteiger partial charge in [0.05, 0.1) is 6.26 Å². The Morgan fingerprint density at radius 3 is 2.71 bits per heavy atom. The zero-order chi connectivity index (χ0) is 19.5. The van der Waals surface area contributed by atoms with Gasteiger partial charge in [-0.2, -0.15) is 0 Å². The zero-order valence-electron chi connectivity index (χ0n) is 16.3. The molecule has 150 valence electrons. The van der Waals surface area contributed by atoms with E-state index < -0.39 is 0 Å². The van der Waals surface area contributed by atoms with Gasteiger partial charge in [0.15, 0.2) is 5.76 Å². The molecule has 2 aromatic rings. The van der Waals surface area contributed by atoms with Crippen LogP contribution in [0.2, 0.25) is 0 Å². The molecule has 8 nitrogen and oxygen atoms in total. The minimum absolute atomic E-state index is 0.0648. The fourth-order valence-electron chi connectivity index (χ4n) is 4.37. The summed E-state index contributed by atoms with van der Waals surface area (Å²) < 4.78 is 7.34. The molecule has 2 amide bonds. The van der Waals surface area contributed by atoms with E-state index in [1.807, 2.05) is 4.90 Å². The van der Waals surface area contributed by atoms with Crippen molar-refractivity contribution in [3.63, 3.8) is 0 Å². The molecule has 0 bridgehead atoms. The molecule has 0 N–H and O–H groups in total. The highest BCUT2D eigenvalue weighted by Gasteiger charge is 2.37. The van der Waals surface area contributed by atoms with Gasteiger partial charge in [-0.3, -0.25) is 9.59 Å². The number of rotatable bonds is 4. The van der Waals surface area contributed by atoms with Gasteiger partial charge in [0.2, 0.25) is 5.91 Å². The van der Waals surface area contributed by atoms with E-state index in [-0.39, 0.29) is 17.9 Å². The number of hydrogen-bond acceptors (Lipinski definition) is 5. The maximum Gasteiger partial charge on any atom is 0.290 e. The van der Waals surface area contributed by atoms with Crippen molar-refractivity contribution in [2.75, 3.05) is 19.6 Å². The third kappa shape index (κ3) is 3.55. The van der Waals surface area contributed by atoms with Crippen molar-refractivity contribution in [1.29, 1.82) is 0 Å². The lowest BCUT2D eigenvalue weighted by molar-refractivity contribution is -0.138. The lowest BCUT2D eigenvalue weighted by atomic mass is 9.94. The van der Waals surface area contributed by atoms with Crippen LogP contribution in [-0.4, -0.2) is 62.1 Å². The van der Waals surface area contributed by atoms with Crippen molar-refractivity contribution in [1.82, 2.24) is 24.6 Å². The Labute approximate surface area is 164 Å². The first-order valence-electron chi connectivity index (χ1n) is 10.2. The number of piperidine rings is 2. The van der Waals surface area contributed by atoms with E-state index in [4.69, 9.17) is 4.42 Å². The van der Waals surface area contributed by atoms with E-state index in [2.05, 4.69) is 21.7 Å². The van der Waals surface area contributed by atoms with Crippen LogP contribution in [0.5, 0.6) is 0 Å². The van der Waals surface area contributed by atoms with Gasteiger partial charge in [-0.15, -0.1) is 10.2 Å². The molecule has 0 aromatic carbocycles. The van der Waals surface area contributed by atoms with E-state index in [0.29, 0.717) is 31.3 Å². The van der Waals surface area contributed by atoms with Gasteiger partial charge in [-0.1, -0.05) is 0 Å². The van der Waals surface area contributed by atoms with Crippen LogP contribution in [0.1, 0.15) is 61.3 Å². The molecule has 2 fully saturated rings. The molecule has 4 heterocycles. The fourth-order valence-corrected chi connectivity index (χ4v) is 4.37. The maximum atomic E-state index is 13.2. The van der Waals surface area contributed by atoms with Gasteiger partial charge in [-0.05, 0) is 51.2 Å². The summed E-state index contributed by atoms with van der Waals surface area (Å²) in [6.45, 7) is 4.93. The third-order valence-corrected chi connectivity index (χ3v) is 5.94. The quantitative estimate of drug-likeness (QED) is 0.806. The van der Waals surface area contributed by atoms with Gasteiger partial charge in [-0.25, -0.2) is 0 Å². The van der Waals surface area contributed by atoms with Gasteiger partial charge in [0.25, 0.3) is 5.91 Å². The maximum absolute atomic E-state index is 13.2. The summed E-state index contributed by atoms with van der Waals surface area (Å²) >= 11 is 0. The Bertz CT molecular complexity index is 808. The highest BCUT2D eigenvalue weighted by molar-refractivity contribution is 5.95. The normalized spacial score (nSPS) is 21.1. The molecule has 4 rings (SSSR count). The Kier molecular flexibility index (Phi) is 5.45. The van der Waals surface area contributed by atoms with Crippen LogP contribution in [0.3, 0.4) is 0 Å². The number of furan rings is 1. The van der Waals surface area contributed by atoms with Crippen molar-refractivity contribution in [3.05, 3.63) is 36.3 Å². The first kappa shape index (κ1) is 18.7. The summed E-state index contributed by atoms with van der Waals surface area (Å²) in [6, 6.07) is 2.98. The summed E-state index contributed by atoms with van der Waals surface area (Å²) in [5, 5.41) is 8.31. The van der Waals surface area contributed by atoms with Gasteiger partial charge >= 0.3 is 0 Å². The van der Waals surface area contributed by atoms with E-state index in [0.717, 1.165) is 44.5 Å². The minimum Gasteiger partial charge on any atom is -0.459 e. The lowest BCUT2D eigenvalue weighted by Gasteiger charge is -2.39. The van der Waals surface area contributed by atoms with E-state index in [1.165, 1.54) is 6.26 Å². The minimum atomic E-state index is -0.387. The molecule has 2 aromatic heterocycles. The Balaban J connectivity index is 1.41. The largest absolute Gasteiger partial charge is 0.459 e. The number of amides is 2. The Hall–Kier alpha value is -2.64. The molecule has 28 heavy (non-hydrogen) atoms. The number of carbonyl (C=O) groups is 2. The monoisotopic (exact) mass is 385 g/mol. The van der Waals surface area contributed by atoms with Crippen LogP contribution in [-0.2, 0) is 11.3 Å². The van der Waals surface area contributed by atoms with Crippen molar-refractivity contribution in [3.8, 4) is 0 Å². The second-order valence-electron chi connectivity index (χ2n) is 7.56. The lowest BCUT2D eigenvalue weighted by Crippen LogP contribution is -2.54. The topological polar surface area (TPSA) is 84.5 Å². The first-order chi connectivity index (χ1) is 13.7. The summed E-state index contributed by atoms with van der Waals surface area (Å²) in [5.41, 5.74) is 0. The molecule has 2 aliphatic heterocycles. The Morgan fingerprint density at radius 2 is 2.00 bits per heavy atom. The summed E-state index contributed by atoms with van der Waals surface area (Å²) in [7, 11) is 0. The average Bonchev–Trinajstić information content (AvgIpc) is 3.44. The van der Waals surface area contributed by atoms with E-state index in [1.54, 1.807) is 23.4 Å². The number of aryl methyl sites for hydroxylation is 1. The second kappa shape index (κ2) is 8.16.